The highest BCUT2D eigenvalue weighted by Crippen LogP contribution is 2.19. The molecule has 1 N–H and O–H groups in total. The average Bonchev–Trinajstić information content (AvgIpc) is 2.54. The third-order valence-electron chi connectivity index (χ3n) is 3.32. The van der Waals surface area contributed by atoms with Crippen LogP contribution in [0.15, 0.2) is 53.7 Å². The molecule has 1 heterocycles. The molecule has 3 rings (SSSR count). The summed E-state index contributed by atoms with van der Waals surface area (Å²) in [5, 5.41) is 11.7. The van der Waals surface area contributed by atoms with Gasteiger partial charge in [0.1, 0.15) is 12.4 Å². The third kappa shape index (κ3) is 2.88. The maximum Gasteiger partial charge on any atom is 0.132 e. The predicted octanol–water partition coefficient (Wildman–Crippen LogP) is 3.33. The molecule has 1 aromatic heterocycles. The minimum atomic E-state index is 0.306. The first-order valence-corrected chi connectivity index (χ1v) is 6.89. The Morgan fingerprint density at radius 2 is 1.73 bits per heavy atom. The number of hydrogen-bond donors (Lipinski definition) is 1. The molecule has 3 aromatic rings. The zero-order chi connectivity index (χ0) is 15.4. The highest BCUT2D eigenvalue weighted by molar-refractivity contribution is 5.82. The summed E-state index contributed by atoms with van der Waals surface area (Å²) in [7, 11) is 0. The number of aryl methyl sites for hydroxylation is 1. The molecule has 0 saturated carbocycles. The molecule has 5 heteroatoms. The molecule has 2 aromatic carbocycles. The lowest BCUT2D eigenvalue weighted by Gasteiger charge is -2.10. The number of aromatic nitrogens is 2. The predicted molar refractivity (Wildman–Crippen MR) is 84.4 cm³/mol. The molecule has 0 spiro atoms. The normalized spacial score (nSPS) is 11.1. The molecular formula is C17H15N3O2. The van der Waals surface area contributed by atoms with Gasteiger partial charge < -0.3 is 9.94 Å². The number of para-hydroxylation sites is 3. The Morgan fingerprint density at radius 3 is 2.50 bits per heavy atom. The zero-order valence-corrected chi connectivity index (χ0v) is 12.1. The van der Waals surface area contributed by atoms with Crippen molar-refractivity contribution in [1.82, 2.24) is 9.97 Å². The Balaban J connectivity index is 1.86. The summed E-state index contributed by atoms with van der Waals surface area (Å²) < 4.78 is 5.80. The van der Waals surface area contributed by atoms with Crippen molar-refractivity contribution in [3.63, 3.8) is 0 Å². The van der Waals surface area contributed by atoms with Gasteiger partial charge in [-0.05, 0) is 31.2 Å². The van der Waals surface area contributed by atoms with E-state index in [4.69, 9.17) is 9.94 Å². The van der Waals surface area contributed by atoms with Crippen molar-refractivity contribution < 1.29 is 9.94 Å². The van der Waals surface area contributed by atoms with Crippen LogP contribution in [0.25, 0.3) is 11.0 Å². The van der Waals surface area contributed by atoms with Crippen LogP contribution in [0.4, 0.5) is 0 Å². The van der Waals surface area contributed by atoms with Gasteiger partial charge in [0.05, 0.1) is 28.6 Å². The Labute approximate surface area is 127 Å². The monoisotopic (exact) mass is 293 g/mol. The van der Waals surface area contributed by atoms with E-state index in [2.05, 4.69) is 15.1 Å². The molecular weight excluding hydrogens is 278 g/mol. The molecule has 0 fully saturated rings. The standard InChI is InChI=1S/C17H15N3O2/c1-12-16(20-15-8-4-3-7-14(15)19-12)11-22-17-9-5-2-6-13(17)10-18-21/h2-10,21H,11H2,1H3. The first-order valence-electron chi connectivity index (χ1n) is 6.89. The summed E-state index contributed by atoms with van der Waals surface area (Å²) in [5.74, 6) is 0.634. The van der Waals surface area contributed by atoms with Gasteiger partial charge >= 0.3 is 0 Å². The maximum atomic E-state index is 8.68. The second-order valence-corrected chi connectivity index (χ2v) is 4.82. The molecule has 0 bridgehead atoms. The van der Waals surface area contributed by atoms with Gasteiger partial charge in [-0.15, -0.1) is 0 Å². The van der Waals surface area contributed by atoms with Gasteiger partial charge in [-0.2, -0.15) is 0 Å². The number of hydrogen-bond acceptors (Lipinski definition) is 5. The third-order valence-corrected chi connectivity index (χ3v) is 3.32. The van der Waals surface area contributed by atoms with E-state index in [1.54, 1.807) is 0 Å². The summed E-state index contributed by atoms with van der Waals surface area (Å²) in [6, 6.07) is 15.1. The van der Waals surface area contributed by atoms with Gasteiger partial charge in [0.2, 0.25) is 0 Å². The van der Waals surface area contributed by atoms with E-state index in [1.807, 2.05) is 55.5 Å². The Bertz CT molecular complexity index is 831. The summed E-state index contributed by atoms with van der Waals surface area (Å²) in [4.78, 5) is 9.13. The number of nitrogens with zero attached hydrogens (tertiary/aromatic N) is 3. The van der Waals surface area contributed by atoms with E-state index in [0.717, 1.165) is 22.4 Å². The fraction of sp³-hybridized carbons (Fsp3) is 0.118. The highest BCUT2D eigenvalue weighted by atomic mass is 16.5. The molecule has 0 amide bonds. The van der Waals surface area contributed by atoms with Crippen LogP contribution in [0, 0.1) is 6.92 Å². The topological polar surface area (TPSA) is 67.6 Å². The largest absolute Gasteiger partial charge is 0.487 e. The average molecular weight is 293 g/mol. The number of fused-ring (bicyclic) bond motifs is 1. The van der Waals surface area contributed by atoms with E-state index >= 15 is 0 Å². The van der Waals surface area contributed by atoms with Crippen molar-refractivity contribution in [2.75, 3.05) is 0 Å². The lowest BCUT2D eigenvalue weighted by Crippen LogP contribution is -2.04. The summed E-state index contributed by atoms with van der Waals surface area (Å²) in [5.41, 5.74) is 4.05. The molecule has 0 saturated heterocycles. The van der Waals surface area contributed by atoms with Crippen LogP contribution < -0.4 is 4.74 Å². The maximum absolute atomic E-state index is 8.68. The van der Waals surface area contributed by atoms with Gasteiger partial charge in [-0.25, -0.2) is 9.97 Å². The molecule has 22 heavy (non-hydrogen) atoms. The first kappa shape index (κ1) is 14.0. The van der Waals surface area contributed by atoms with Crippen LogP contribution in [-0.2, 0) is 6.61 Å². The smallest absolute Gasteiger partial charge is 0.132 e. The summed E-state index contributed by atoms with van der Waals surface area (Å²) in [6.07, 6.45) is 1.34. The number of benzene rings is 2. The summed E-state index contributed by atoms with van der Waals surface area (Å²) in [6.45, 7) is 2.22. The number of rotatable bonds is 4. The Kier molecular flexibility index (Phi) is 3.96. The van der Waals surface area contributed by atoms with E-state index in [-0.39, 0.29) is 0 Å². The van der Waals surface area contributed by atoms with E-state index in [1.165, 1.54) is 6.21 Å². The van der Waals surface area contributed by atoms with Crippen LogP contribution in [-0.4, -0.2) is 21.4 Å². The van der Waals surface area contributed by atoms with Crippen molar-refractivity contribution >= 4 is 17.2 Å². The van der Waals surface area contributed by atoms with Crippen LogP contribution in [0.1, 0.15) is 17.0 Å². The number of ether oxygens (including phenoxy) is 1. The van der Waals surface area contributed by atoms with Crippen molar-refractivity contribution in [2.24, 2.45) is 5.16 Å². The van der Waals surface area contributed by atoms with Crippen molar-refractivity contribution in [3.05, 3.63) is 65.5 Å². The molecule has 0 aliphatic heterocycles. The van der Waals surface area contributed by atoms with Crippen molar-refractivity contribution in [1.29, 1.82) is 0 Å². The minimum absolute atomic E-state index is 0.306. The van der Waals surface area contributed by atoms with Crippen LogP contribution in [0.2, 0.25) is 0 Å². The number of oxime groups is 1. The second kappa shape index (κ2) is 6.22. The molecule has 0 aliphatic rings. The molecule has 0 radical (unpaired) electrons. The molecule has 110 valence electrons. The van der Waals surface area contributed by atoms with Gasteiger partial charge in [0.15, 0.2) is 0 Å². The van der Waals surface area contributed by atoms with Crippen LogP contribution >= 0.6 is 0 Å². The van der Waals surface area contributed by atoms with Gasteiger partial charge in [-0.3, -0.25) is 0 Å². The minimum Gasteiger partial charge on any atom is -0.487 e. The lowest BCUT2D eigenvalue weighted by atomic mass is 10.2. The SMILES string of the molecule is Cc1nc2ccccc2nc1COc1ccccc1C=NO. The molecule has 0 aliphatic carbocycles. The van der Waals surface area contributed by atoms with Gasteiger partial charge in [0.25, 0.3) is 0 Å². The van der Waals surface area contributed by atoms with Gasteiger partial charge in [-0.1, -0.05) is 29.4 Å². The fourth-order valence-corrected chi connectivity index (χ4v) is 2.19. The van der Waals surface area contributed by atoms with E-state index in [9.17, 15) is 0 Å². The van der Waals surface area contributed by atoms with Gasteiger partial charge in [0, 0.05) is 5.56 Å². The summed E-state index contributed by atoms with van der Waals surface area (Å²) >= 11 is 0. The van der Waals surface area contributed by atoms with Crippen molar-refractivity contribution in [3.8, 4) is 5.75 Å². The van der Waals surface area contributed by atoms with Crippen molar-refractivity contribution in [2.45, 2.75) is 13.5 Å². The Morgan fingerprint density at radius 1 is 1.05 bits per heavy atom. The second-order valence-electron chi connectivity index (χ2n) is 4.82. The molecule has 5 nitrogen and oxygen atoms in total. The fourth-order valence-electron chi connectivity index (χ4n) is 2.19. The van der Waals surface area contributed by atoms with E-state index < -0.39 is 0 Å². The molecule has 0 atom stereocenters. The van der Waals surface area contributed by atoms with Crippen LogP contribution in [0.3, 0.4) is 0 Å². The van der Waals surface area contributed by atoms with Crippen LogP contribution in [0.5, 0.6) is 5.75 Å². The molecule has 0 unspecified atom stereocenters. The highest BCUT2D eigenvalue weighted by Gasteiger charge is 2.07. The first-order chi connectivity index (χ1) is 10.8. The lowest BCUT2D eigenvalue weighted by molar-refractivity contribution is 0.298. The quantitative estimate of drug-likeness (QED) is 0.455. The van der Waals surface area contributed by atoms with E-state index in [0.29, 0.717) is 17.9 Å². The zero-order valence-electron chi connectivity index (χ0n) is 12.1. The Hall–Kier alpha value is -2.95.